The van der Waals surface area contributed by atoms with E-state index in [1.807, 2.05) is 30.5 Å². The molecular weight excluding hydrogens is 232 g/mol. The zero-order chi connectivity index (χ0) is 13.1. The number of aliphatic carboxylic acids is 1. The molecule has 96 valence electrons. The number of rotatable bonds is 5. The summed E-state index contributed by atoms with van der Waals surface area (Å²) in [6, 6.07) is 7.20. The summed E-state index contributed by atoms with van der Waals surface area (Å²) in [7, 11) is 0. The molecule has 1 aromatic heterocycles. The van der Waals surface area contributed by atoms with Crippen LogP contribution in [0.5, 0.6) is 0 Å². The van der Waals surface area contributed by atoms with E-state index in [1.54, 1.807) is 0 Å². The summed E-state index contributed by atoms with van der Waals surface area (Å²) < 4.78 is 0. The number of hydrogen-bond acceptors (Lipinski definition) is 3. The largest absolute Gasteiger partial charge is 0.481 e. The molecule has 2 aromatic rings. The second kappa shape index (κ2) is 5.20. The van der Waals surface area contributed by atoms with Crippen molar-refractivity contribution < 1.29 is 15.0 Å². The van der Waals surface area contributed by atoms with Gasteiger partial charge in [0.1, 0.15) is 0 Å². The molecular formula is C13H16N2O3. The Balaban J connectivity index is 2.11. The van der Waals surface area contributed by atoms with Gasteiger partial charge in [-0.05, 0) is 18.1 Å². The third kappa shape index (κ3) is 2.69. The lowest BCUT2D eigenvalue weighted by Gasteiger charge is -2.16. The number of aromatic amines is 1. The number of nitrogens with one attached hydrogen (secondary N) is 1. The highest BCUT2D eigenvalue weighted by Gasteiger charge is 2.19. The van der Waals surface area contributed by atoms with Crippen LogP contribution in [-0.2, 0) is 11.2 Å². The first-order valence-corrected chi connectivity index (χ1v) is 5.78. The Hall–Kier alpha value is -1.85. The van der Waals surface area contributed by atoms with Gasteiger partial charge in [-0.25, -0.2) is 0 Å². The molecule has 2 atom stereocenters. The van der Waals surface area contributed by atoms with Gasteiger partial charge in [0.2, 0.25) is 0 Å². The van der Waals surface area contributed by atoms with Gasteiger partial charge in [0, 0.05) is 23.1 Å². The van der Waals surface area contributed by atoms with E-state index in [2.05, 4.69) is 4.98 Å². The van der Waals surface area contributed by atoms with E-state index < -0.39 is 18.1 Å². The minimum absolute atomic E-state index is 0.330. The van der Waals surface area contributed by atoms with Gasteiger partial charge < -0.3 is 20.9 Å². The summed E-state index contributed by atoms with van der Waals surface area (Å²) in [5.74, 6) is -1.04. The summed E-state index contributed by atoms with van der Waals surface area (Å²) in [5, 5.41) is 19.3. The fourth-order valence-corrected chi connectivity index (χ4v) is 2.02. The van der Waals surface area contributed by atoms with Crippen molar-refractivity contribution >= 4 is 16.9 Å². The molecule has 18 heavy (non-hydrogen) atoms. The molecule has 1 heterocycles. The highest BCUT2D eigenvalue weighted by molar-refractivity contribution is 5.83. The van der Waals surface area contributed by atoms with E-state index in [-0.39, 0.29) is 6.42 Å². The molecule has 1 aromatic carbocycles. The highest BCUT2D eigenvalue weighted by atomic mass is 16.4. The molecule has 0 saturated heterocycles. The van der Waals surface area contributed by atoms with Crippen molar-refractivity contribution in [2.45, 2.75) is 25.0 Å². The minimum Gasteiger partial charge on any atom is -0.481 e. The van der Waals surface area contributed by atoms with E-state index in [0.29, 0.717) is 6.42 Å². The summed E-state index contributed by atoms with van der Waals surface area (Å²) in [6.45, 7) is 0. The van der Waals surface area contributed by atoms with Crippen molar-refractivity contribution in [2.75, 3.05) is 0 Å². The molecule has 0 bridgehead atoms. The number of carbonyl (C=O) groups is 1. The van der Waals surface area contributed by atoms with Gasteiger partial charge in [-0.2, -0.15) is 0 Å². The number of fused-ring (bicyclic) bond motifs is 1. The molecule has 0 spiro atoms. The van der Waals surface area contributed by atoms with E-state index in [4.69, 9.17) is 10.8 Å². The number of aliphatic hydroxyl groups excluding tert-OH is 1. The first-order chi connectivity index (χ1) is 8.58. The zero-order valence-electron chi connectivity index (χ0n) is 9.84. The summed E-state index contributed by atoms with van der Waals surface area (Å²) in [4.78, 5) is 13.6. The first kappa shape index (κ1) is 12.6. The Kier molecular flexibility index (Phi) is 3.64. The Morgan fingerprint density at radius 1 is 1.39 bits per heavy atom. The summed E-state index contributed by atoms with van der Waals surface area (Å²) in [5.41, 5.74) is 7.82. The standard InChI is InChI=1S/C13H16N2O3/c14-10(12(16)6-13(17)18)5-8-7-15-11-4-2-1-3-9(8)11/h1-4,7,10,12,15-16H,5-6,14H2,(H,17,18)/t10-,12-/m1/s1. The Bertz CT molecular complexity index is 550. The SMILES string of the molecule is N[C@H](Cc1c[nH]c2ccccc12)[C@H](O)CC(=O)O. The number of carboxylic acids is 1. The second-order valence-corrected chi connectivity index (χ2v) is 4.39. The Labute approximate surface area is 104 Å². The van der Waals surface area contributed by atoms with Crippen molar-refractivity contribution in [3.05, 3.63) is 36.0 Å². The average Bonchev–Trinajstić information content (AvgIpc) is 2.72. The van der Waals surface area contributed by atoms with Crippen LogP contribution in [0.1, 0.15) is 12.0 Å². The maximum Gasteiger partial charge on any atom is 0.306 e. The van der Waals surface area contributed by atoms with Crippen LogP contribution in [0.15, 0.2) is 30.5 Å². The number of benzene rings is 1. The monoisotopic (exact) mass is 248 g/mol. The molecule has 0 aliphatic carbocycles. The maximum atomic E-state index is 10.5. The number of H-pyrrole nitrogens is 1. The number of aliphatic hydroxyl groups is 1. The van der Waals surface area contributed by atoms with Gasteiger partial charge in [-0.15, -0.1) is 0 Å². The number of hydrogen-bond donors (Lipinski definition) is 4. The third-order valence-corrected chi connectivity index (χ3v) is 3.01. The zero-order valence-corrected chi connectivity index (χ0v) is 9.84. The Morgan fingerprint density at radius 3 is 2.83 bits per heavy atom. The lowest BCUT2D eigenvalue weighted by molar-refractivity contribution is -0.139. The van der Waals surface area contributed by atoms with Crippen molar-refractivity contribution in [1.82, 2.24) is 4.98 Å². The quantitative estimate of drug-likeness (QED) is 0.631. The number of aromatic nitrogens is 1. The highest BCUT2D eigenvalue weighted by Crippen LogP contribution is 2.19. The predicted octanol–water partition coefficient (Wildman–Crippen LogP) is 0.873. The number of nitrogens with two attached hydrogens (primary N) is 1. The lowest BCUT2D eigenvalue weighted by Crippen LogP contribution is -2.38. The van der Waals surface area contributed by atoms with Crippen LogP contribution < -0.4 is 5.73 Å². The number of carboxylic acid groups (broad SMARTS) is 1. The minimum atomic E-state index is -1.04. The molecule has 0 unspecified atom stereocenters. The van der Waals surface area contributed by atoms with Gasteiger partial charge in [0.05, 0.1) is 12.5 Å². The fraction of sp³-hybridized carbons (Fsp3) is 0.308. The van der Waals surface area contributed by atoms with Crippen LogP contribution in [-0.4, -0.2) is 33.3 Å². The van der Waals surface area contributed by atoms with Gasteiger partial charge in [-0.3, -0.25) is 4.79 Å². The summed E-state index contributed by atoms with van der Waals surface area (Å²) in [6.07, 6.45) is 0.927. The molecule has 5 nitrogen and oxygen atoms in total. The summed E-state index contributed by atoms with van der Waals surface area (Å²) >= 11 is 0. The van der Waals surface area contributed by atoms with Gasteiger partial charge in [0.15, 0.2) is 0 Å². The predicted molar refractivity (Wildman–Crippen MR) is 68.2 cm³/mol. The molecule has 0 aliphatic rings. The molecule has 5 heteroatoms. The molecule has 0 aliphatic heterocycles. The van der Waals surface area contributed by atoms with Crippen LogP contribution in [0.2, 0.25) is 0 Å². The number of para-hydroxylation sites is 1. The Morgan fingerprint density at radius 2 is 2.11 bits per heavy atom. The van der Waals surface area contributed by atoms with Gasteiger partial charge in [0.25, 0.3) is 0 Å². The van der Waals surface area contributed by atoms with Crippen LogP contribution in [0.25, 0.3) is 10.9 Å². The second-order valence-electron chi connectivity index (χ2n) is 4.39. The molecule has 0 saturated carbocycles. The topological polar surface area (TPSA) is 99.3 Å². The van der Waals surface area contributed by atoms with Crippen molar-refractivity contribution in [2.24, 2.45) is 5.73 Å². The van der Waals surface area contributed by atoms with Crippen LogP contribution in [0.4, 0.5) is 0 Å². The molecule has 5 N–H and O–H groups in total. The van der Waals surface area contributed by atoms with Crippen LogP contribution in [0, 0.1) is 0 Å². The van der Waals surface area contributed by atoms with Crippen LogP contribution in [0.3, 0.4) is 0 Å². The van der Waals surface area contributed by atoms with Crippen molar-refractivity contribution in [1.29, 1.82) is 0 Å². The van der Waals surface area contributed by atoms with Crippen LogP contribution >= 0.6 is 0 Å². The van der Waals surface area contributed by atoms with E-state index in [1.165, 1.54) is 0 Å². The maximum absolute atomic E-state index is 10.5. The van der Waals surface area contributed by atoms with E-state index in [0.717, 1.165) is 16.5 Å². The van der Waals surface area contributed by atoms with E-state index in [9.17, 15) is 9.90 Å². The van der Waals surface area contributed by atoms with Crippen molar-refractivity contribution in [3.8, 4) is 0 Å². The normalized spacial score (nSPS) is 14.6. The van der Waals surface area contributed by atoms with E-state index >= 15 is 0 Å². The average molecular weight is 248 g/mol. The third-order valence-electron chi connectivity index (χ3n) is 3.01. The first-order valence-electron chi connectivity index (χ1n) is 5.78. The molecule has 2 rings (SSSR count). The molecule has 0 amide bonds. The van der Waals surface area contributed by atoms with Crippen molar-refractivity contribution in [3.63, 3.8) is 0 Å². The van der Waals surface area contributed by atoms with Gasteiger partial charge in [-0.1, -0.05) is 18.2 Å². The fourth-order valence-electron chi connectivity index (χ4n) is 2.02. The molecule has 0 radical (unpaired) electrons. The van der Waals surface area contributed by atoms with Gasteiger partial charge >= 0.3 is 5.97 Å². The smallest absolute Gasteiger partial charge is 0.306 e. The lowest BCUT2D eigenvalue weighted by atomic mass is 10.00. The molecule has 0 fully saturated rings.